The topological polar surface area (TPSA) is 80.4 Å². The maximum absolute atomic E-state index is 8.97. The second-order valence-corrected chi connectivity index (χ2v) is 1.54. The van der Waals surface area contributed by atoms with Gasteiger partial charge in [-0.1, -0.05) is 0 Å². The summed E-state index contributed by atoms with van der Waals surface area (Å²) < 4.78 is 25.2. The molecule has 6 heteroatoms. The highest BCUT2D eigenvalue weighted by atomic mass is 32.2. The lowest BCUT2D eigenvalue weighted by atomic mass is 13.9. The van der Waals surface area contributed by atoms with Crippen LogP contribution in [0.2, 0.25) is 0 Å². The van der Waals surface area contributed by atoms with Crippen LogP contribution >= 0.6 is 0 Å². The predicted octanol–water partition coefficient (Wildman–Crippen LogP) is -2.70. The molecule has 0 aromatic carbocycles. The molecule has 4 nitrogen and oxygen atoms in total. The normalized spacial score (nSPS) is 9.67. The molecular formula is H7NO3SSi. The van der Waals surface area contributed by atoms with E-state index in [2.05, 4.69) is 5.14 Å². The van der Waals surface area contributed by atoms with Crippen molar-refractivity contribution in [1.82, 2.24) is 0 Å². The zero-order valence-electron chi connectivity index (χ0n) is 2.25. The molecule has 0 saturated heterocycles. The average Bonchev–Trinajstić information content (AvgIpc) is 0.722. The van der Waals surface area contributed by atoms with E-state index in [9.17, 15) is 0 Å². The Bertz CT molecular complexity index is 94.0. The molecule has 40 valence electrons. The second-order valence-electron chi connectivity index (χ2n) is 0.515. The molecule has 0 atom stereocenters. The lowest BCUT2D eigenvalue weighted by molar-refractivity contribution is 0.485. The monoisotopic (exact) mass is 129 g/mol. The van der Waals surface area contributed by atoms with Crippen molar-refractivity contribution in [2.45, 2.75) is 0 Å². The van der Waals surface area contributed by atoms with Gasteiger partial charge in [-0.2, -0.15) is 8.42 Å². The molecule has 3 N–H and O–H groups in total. The molecule has 0 bridgehead atoms. The zero-order valence-corrected chi connectivity index (χ0v) is 3.07. The largest absolute Gasteiger partial charge is 0.330 e. The van der Waals surface area contributed by atoms with Crippen LogP contribution in [-0.2, 0) is 10.3 Å². The molecule has 0 saturated carbocycles. The fraction of sp³-hybridized carbons (Fsp3) is 0. The molecule has 0 aliphatic rings. The molecule has 0 aromatic heterocycles. The Balaban J connectivity index is 0. The Labute approximate surface area is 40.3 Å². The van der Waals surface area contributed by atoms with Crippen molar-refractivity contribution < 1.29 is 13.0 Å². The molecule has 0 amide bonds. The van der Waals surface area contributed by atoms with E-state index < -0.39 is 10.3 Å². The summed E-state index contributed by atoms with van der Waals surface area (Å²) in [5.74, 6) is 0. The number of nitrogens with two attached hydrogens (primary N) is 1. The highest BCUT2D eigenvalue weighted by Gasteiger charge is 1.81. The standard InChI is InChI=1S/H3NO3S.H4Si/c1-5(2,3)4;/h(H3,1,2,3,4);1H4. The van der Waals surface area contributed by atoms with Crippen LogP contribution in [0.1, 0.15) is 0 Å². The van der Waals surface area contributed by atoms with E-state index in [0.29, 0.717) is 0 Å². The van der Waals surface area contributed by atoms with Crippen molar-refractivity contribution >= 4 is 21.3 Å². The molecule has 0 rings (SSSR count). The van der Waals surface area contributed by atoms with Crippen LogP contribution in [0.3, 0.4) is 0 Å². The van der Waals surface area contributed by atoms with Crippen molar-refractivity contribution in [2.75, 3.05) is 0 Å². The van der Waals surface area contributed by atoms with E-state index in [4.69, 9.17) is 13.0 Å². The van der Waals surface area contributed by atoms with E-state index in [1.165, 1.54) is 0 Å². The van der Waals surface area contributed by atoms with Crippen molar-refractivity contribution in [3.63, 3.8) is 0 Å². The maximum atomic E-state index is 8.97. The van der Waals surface area contributed by atoms with Gasteiger partial charge in [0.05, 0.1) is 0 Å². The van der Waals surface area contributed by atoms with Crippen LogP contribution in [0.5, 0.6) is 0 Å². The molecule has 0 fully saturated rings. The quantitative estimate of drug-likeness (QED) is 0.276. The summed E-state index contributed by atoms with van der Waals surface area (Å²) in [6, 6.07) is 0. The van der Waals surface area contributed by atoms with Gasteiger partial charge in [0.1, 0.15) is 0 Å². The molecule has 0 heterocycles. The summed E-state index contributed by atoms with van der Waals surface area (Å²) in [6.07, 6.45) is 0. The van der Waals surface area contributed by atoms with Crippen molar-refractivity contribution in [3.05, 3.63) is 0 Å². The molecule has 6 heavy (non-hydrogen) atoms. The Morgan fingerprint density at radius 3 is 1.50 bits per heavy atom. The van der Waals surface area contributed by atoms with Crippen LogP contribution in [0.25, 0.3) is 0 Å². The molecule has 0 spiro atoms. The Kier molecular flexibility index (Phi) is 3.60. The van der Waals surface area contributed by atoms with E-state index in [1.54, 1.807) is 0 Å². The van der Waals surface area contributed by atoms with Crippen molar-refractivity contribution in [2.24, 2.45) is 5.14 Å². The highest BCUT2D eigenvalue weighted by Crippen LogP contribution is 1.50. The SMILES string of the molecule is NS(=O)(=O)O.[SiH4]. The third kappa shape index (κ3) is 5160. The second kappa shape index (κ2) is 2.29. The van der Waals surface area contributed by atoms with E-state index in [-0.39, 0.29) is 11.0 Å². The molecule has 0 aliphatic carbocycles. The van der Waals surface area contributed by atoms with Gasteiger partial charge in [0.15, 0.2) is 0 Å². The Morgan fingerprint density at radius 2 is 1.50 bits per heavy atom. The summed E-state index contributed by atoms with van der Waals surface area (Å²) in [5.41, 5.74) is 0. The minimum atomic E-state index is -4.17. The molecular weight excluding hydrogens is 122 g/mol. The van der Waals surface area contributed by atoms with Gasteiger partial charge in [0, 0.05) is 0 Å². The van der Waals surface area contributed by atoms with Crippen molar-refractivity contribution in [3.8, 4) is 0 Å². The van der Waals surface area contributed by atoms with Gasteiger partial charge in [-0.3, -0.25) is 4.55 Å². The van der Waals surface area contributed by atoms with Gasteiger partial charge in [0.25, 0.3) is 0 Å². The van der Waals surface area contributed by atoms with Gasteiger partial charge in [-0.25, -0.2) is 5.14 Å². The van der Waals surface area contributed by atoms with Crippen LogP contribution < -0.4 is 5.14 Å². The number of hydrogen-bond donors (Lipinski definition) is 2. The summed E-state index contributed by atoms with van der Waals surface area (Å²) in [6.45, 7) is 0. The van der Waals surface area contributed by atoms with E-state index in [0.717, 1.165) is 0 Å². The zero-order chi connectivity index (χ0) is 4.50. The summed E-state index contributed by atoms with van der Waals surface area (Å²) in [4.78, 5) is 0. The average molecular weight is 129 g/mol. The van der Waals surface area contributed by atoms with Crippen LogP contribution in [0.4, 0.5) is 0 Å². The first-order chi connectivity index (χ1) is 2.00. The molecule has 0 aromatic rings. The third-order valence-corrected chi connectivity index (χ3v) is 0. The minimum Gasteiger partial charge on any atom is -0.274 e. The maximum Gasteiger partial charge on any atom is 0.330 e. The Hall–Kier alpha value is 0.0869. The fourth-order valence-electron chi connectivity index (χ4n) is 0. The smallest absolute Gasteiger partial charge is 0.274 e. The number of rotatable bonds is 0. The van der Waals surface area contributed by atoms with Gasteiger partial charge in [-0.05, 0) is 11.0 Å². The molecule has 0 unspecified atom stereocenters. The third-order valence-electron chi connectivity index (χ3n) is 0. The molecule has 0 radical (unpaired) electrons. The van der Waals surface area contributed by atoms with Gasteiger partial charge >= 0.3 is 10.3 Å². The van der Waals surface area contributed by atoms with E-state index >= 15 is 0 Å². The first-order valence-electron chi connectivity index (χ1n) is 0.752. The van der Waals surface area contributed by atoms with Crippen LogP contribution in [0, 0.1) is 0 Å². The Morgan fingerprint density at radius 1 is 1.50 bits per heavy atom. The van der Waals surface area contributed by atoms with Gasteiger partial charge in [0.2, 0.25) is 0 Å². The molecule has 0 aliphatic heterocycles. The van der Waals surface area contributed by atoms with Gasteiger partial charge in [-0.15, -0.1) is 0 Å². The van der Waals surface area contributed by atoms with Crippen LogP contribution in [0.15, 0.2) is 0 Å². The summed E-state index contributed by atoms with van der Waals surface area (Å²) in [7, 11) is -4.17. The number of hydrogen-bond acceptors (Lipinski definition) is 2. The summed E-state index contributed by atoms with van der Waals surface area (Å²) >= 11 is 0. The fourth-order valence-corrected chi connectivity index (χ4v) is 0. The van der Waals surface area contributed by atoms with Gasteiger partial charge < -0.3 is 0 Å². The highest BCUT2D eigenvalue weighted by molar-refractivity contribution is 7.83. The minimum absolute atomic E-state index is 0. The van der Waals surface area contributed by atoms with E-state index in [1.807, 2.05) is 0 Å². The lowest BCUT2D eigenvalue weighted by Gasteiger charge is -1.70. The summed E-state index contributed by atoms with van der Waals surface area (Å²) in [5, 5.41) is 3.88. The van der Waals surface area contributed by atoms with Crippen molar-refractivity contribution in [1.29, 1.82) is 0 Å². The predicted molar refractivity (Wildman–Crippen MR) is 27.1 cm³/mol. The first kappa shape index (κ1) is 9.43. The lowest BCUT2D eigenvalue weighted by Crippen LogP contribution is -2.08. The first-order valence-corrected chi connectivity index (χ1v) is 2.25. The van der Waals surface area contributed by atoms with Crippen LogP contribution in [-0.4, -0.2) is 23.9 Å².